The Balaban J connectivity index is 2.31. The van der Waals surface area contributed by atoms with Gasteiger partial charge in [-0.15, -0.1) is 11.3 Å². The van der Waals surface area contributed by atoms with E-state index in [9.17, 15) is 9.59 Å². The number of carbonyl (C=O) groups is 2. The number of Topliss-reactive ketones (excluding diaryl/α,β-unsaturated/α-hetero) is 1. The van der Waals surface area contributed by atoms with E-state index in [-0.39, 0.29) is 18.1 Å². The lowest BCUT2D eigenvalue weighted by molar-refractivity contribution is 0.0517. The molecule has 2 aromatic rings. The molecule has 0 aliphatic heterocycles. The van der Waals surface area contributed by atoms with E-state index in [0.717, 1.165) is 15.0 Å². The molecule has 0 spiro atoms. The number of ketones is 1. The monoisotopic (exact) mass is 367 g/mol. The largest absolute Gasteiger partial charge is 0.461 e. The summed E-state index contributed by atoms with van der Waals surface area (Å²) in [6.07, 6.45) is 0.573. The molecule has 4 nitrogen and oxygen atoms in total. The third kappa shape index (κ3) is 3.98. The topological polar surface area (TPSA) is 56.3 Å². The number of hydrogen-bond donors (Lipinski definition) is 0. The number of aromatic nitrogens is 1. The molecule has 1 aromatic heterocycles. The minimum Gasteiger partial charge on any atom is -0.461 e. The molecule has 0 aliphatic carbocycles. The molecule has 0 radical (unpaired) electrons. The van der Waals surface area contributed by atoms with E-state index in [1.165, 1.54) is 18.3 Å². The zero-order chi connectivity index (χ0) is 15.4. The van der Waals surface area contributed by atoms with Crippen LogP contribution >= 0.6 is 27.3 Å². The van der Waals surface area contributed by atoms with Gasteiger partial charge in [0.05, 0.1) is 11.6 Å². The number of carbonyl (C=O) groups excluding carboxylic acids is 2. The van der Waals surface area contributed by atoms with Gasteiger partial charge in [0.1, 0.15) is 4.88 Å². The zero-order valence-corrected chi connectivity index (χ0v) is 14.1. The maximum absolute atomic E-state index is 11.9. The lowest BCUT2D eigenvalue weighted by Gasteiger charge is -1.99. The molecular formula is C15H14BrNO3S. The van der Waals surface area contributed by atoms with Gasteiger partial charge < -0.3 is 4.74 Å². The van der Waals surface area contributed by atoms with E-state index in [4.69, 9.17) is 4.74 Å². The van der Waals surface area contributed by atoms with Gasteiger partial charge in [-0.2, -0.15) is 0 Å². The Kier molecular flexibility index (Phi) is 5.25. The smallest absolute Gasteiger partial charge is 0.358 e. The molecule has 0 N–H and O–H groups in total. The molecular weight excluding hydrogens is 354 g/mol. The molecule has 0 aliphatic rings. The summed E-state index contributed by atoms with van der Waals surface area (Å²) in [5, 5.41) is 0.723. The summed E-state index contributed by atoms with van der Waals surface area (Å²) in [6.45, 7) is 3.41. The van der Waals surface area contributed by atoms with Crippen molar-refractivity contribution in [2.24, 2.45) is 0 Å². The molecule has 110 valence electrons. The molecule has 0 atom stereocenters. The highest BCUT2D eigenvalue weighted by atomic mass is 79.9. The van der Waals surface area contributed by atoms with Gasteiger partial charge in [0, 0.05) is 17.8 Å². The van der Waals surface area contributed by atoms with E-state index in [1.54, 1.807) is 6.92 Å². The fourth-order valence-electron chi connectivity index (χ4n) is 1.84. The van der Waals surface area contributed by atoms with Crippen LogP contribution in [0, 0.1) is 0 Å². The highest BCUT2D eigenvalue weighted by Gasteiger charge is 2.22. The van der Waals surface area contributed by atoms with Crippen LogP contribution in [0.4, 0.5) is 0 Å². The van der Waals surface area contributed by atoms with E-state index < -0.39 is 5.97 Å². The molecule has 0 saturated heterocycles. The number of benzene rings is 1. The van der Waals surface area contributed by atoms with Crippen LogP contribution in [-0.2, 0) is 11.2 Å². The molecule has 0 fully saturated rings. The Morgan fingerprint density at radius 3 is 2.76 bits per heavy atom. The van der Waals surface area contributed by atoms with Gasteiger partial charge in [-0.05, 0) is 24.6 Å². The number of halogens is 1. The molecule has 21 heavy (non-hydrogen) atoms. The second-order valence-electron chi connectivity index (χ2n) is 4.37. The van der Waals surface area contributed by atoms with Crippen molar-refractivity contribution in [3.8, 4) is 0 Å². The van der Waals surface area contributed by atoms with Crippen molar-refractivity contribution < 1.29 is 14.3 Å². The van der Waals surface area contributed by atoms with Gasteiger partial charge in [-0.25, -0.2) is 9.78 Å². The van der Waals surface area contributed by atoms with Gasteiger partial charge in [0.25, 0.3) is 0 Å². The molecule has 2 rings (SSSR count). The summed E-state index contributed by atoms with van der Waals surface area (Å²) in [7, 11) is 0. The van der Waals surface area contributed by atoms with Crippen molar-refractivity contribution in [2.75, 3.05) is 6.61 Å². The van der Waals surface area contributed by atoms with Gasteiger partial charge in [0.15, 0.2) is 11.5 Å². The zero-order valence-electron chi connectivity index (χ0n) is 11.7. The van der Waals surface area contributed by atoms with Crippen LogP contribution in [0.5, 0.6) is 0 Å². The van der Waals surface area contributed by atoms with Crippen LogP contribution in [0.2, 0.25) is 0 Å². The average Bonchev–Trinajstić information content (AvgIpc) is 2.83. The molecule has 0 saturated carbocycles. The van der Waals surface area contributed by atoms with Gasteiger partial charge >= 0.3 is 5.97 Å². The molecule has 0 bridgehead atoms. The van der Waals surface area contributed by atoms with Crippen molar-refractivity contribution >= 4 is 39.0 Å². The van der Waals surface area contributed by atoms with Crippen LogP contribution in [0.3, 0.4) is 0 Å². The average molecular weight is 368 g/mol. The second kappa shape index (κ2) is 6.95. The standard InChI is InChI=1S/C15H14BrNO3S/c1-3-20-15(19)13-14(9(2)18)21-12(17-13)8-10-5-4-6-11(16)7-10/h4-7H,3,8H2,1-2H3. The molecule has 0 amide bonds. The molecule has 0 unspecified atom stereocenters. The Morgan fingerprint density at radius 2 is 2.14 bits per heavy atom. The number of nitrogens with zero attached hydrogens (tertiary/aromatic N) is 1. The normalized spacial score (nSPS) is 10.4. The number of hydrogen-bond acceptors (Lipinski definition) is 5. The van der Waals surface area contributed by atoms with Gasteiger partial charge in [-0.3, -0.25) is 4.79 Å². The van der Waals surface area contributed by atoms with E-state index in [2.05, 4.69) is 20.9 Å². The Bertz CT molecular complexity index is 681. The van der Waals surface area contributed by atoms with Crippen molar-refractivity contribution in [3.63, 3.8) is 0 Å². The van der Waals surface area contributed by atoms with Crippen molar-refractivity contribution in [1.82, 2.24) is 4.98 Å². The predicted molar refractivity (Wildman–Crippen MR) is 85.0 cm³/mol. The number of esters is 1. The maximum Gasteiger partial charge on any atom is 0.358 e. The number of thiazole rings is 1. The third-order valence-corrected chi connectivity index (χ3v) is 4.35. The lowest BCUT2D eigenvalue weighted by atomic mass is 10.2. The SMILES string of the molecule is CCOC(=O)c1nc(Cc2cccc(Br)c2)sc1C(C)=O. The minimum absolute atomic E-state index is 0.124. The predicted octanol–water partition coefficient (Wildman–Crippen LogP) is 3.88. The molecule has 1 heterocycles. The second-order valence-corrected chi connectivity index (χ2v) is 6.37. The fourth-order valence-corrected chi connectivity index (χ4v) is 3.27. The number of ether oxygens (including phenoxy) is 1. The Labute approximate surface area is 135 Å². The quantitative estimate of drug-likeness (QED) is 0.594. The summed E-state index contributed by atoms with van der Waals surface area (Å²) in [6, 6.07) is 7.84. The minimum atomic E-state index is -0.542. The van der Waals surface area contributed by atoms with Gasteiger partial charge in [-0.1, -0.05) is 28.1 Å². The Morgan fingerprint density at radius 1 is 1.38 bits per heavy atom. The van der Waals surface area contributed by atoms with Crippen LogP contribution in [0.25, 0.3) is 0 Å². The van der Waals surface area contributed by atoms with Crippen LogP contribution in [-0.4, -0.2) is 23.3 Å². The first kappa shape index (κ1) is 15.9. The third-order valence-electron chi connectivity index (χ3n) is 2.70. The summed E-state index contributed by atoms with van der Waals surface area (Å²) in [4.78, 5) is 28.1. The number of rotatable bonds is 5. The first-order chi connectivity index (χ1) is 10.0. The summed E-state index contributed by atoms with van der Waals surface area (Å²) in [5.74, 6) is -0.713. The molecule has 1 aromatic carbocycles. The summed E-state index contributed by atoms with van der Waals surface area (Å²) in [5.41, 5.74) is 1.18. The van der Waals surface area contributed by atoms with Crippen LogP contribution < -0.4 is 0 Å². The van der Waals surface area contributed by atoms with Gasteiger partial charge in [0.2, 0.25) is 0 Å². The summed E-state index contributed by atoms with van der Waals surface area (Å²) < 4.78 is 5.93. The summed E-state index contributed by atoms with van der Waals surface area (Å²) >= 11 is 4.66. The van der Waals surface area contributed by atoms with E-state index in [1.807, 2.05) is 24.3 Å². The first-order valence-corrected chi connectivity index (χ1v) is 8.04. The van der Waals surface area contributed by atoms with Crippen LogP contribution in [0.15, 0.2) is 28.7 Å². The van der Waals surface area contributed by atoms with Crippen molar-refractivity contribution in [2.45, 2.75) is 20.3 Å². The highest BCUT2D eigenvalue weighted by molar-refractivity contribution is 9.10. The van der Waals surface area contributed by atoms with E-state index in [0.29, 0.717) is 11.3 Å². The van der Waals surface area contributed by atoms with E-state index >= 15 is 0 Å². The fraction of sp³-hybridized carbons (Fsp3) is 0.267. The maximum atomic E-state index is 11.9. The van der Waals surface area contributed by atoms with Crippen molar-refractivity contribution in [1.29, 1.82) is 0 Å². The first-order valence-electron chi connectivity index (χ1n) is 6.43. The molecule has 6 heteroatoms. The lowest BCUT2D eigenvalue weighted by Crippen LogP contribution is -2.09. The van der Waals surface area contributed by atoms with Crippen LogP contribution in [0.1, 0.15) is 44.6 Å². The highest BCUT2D eigenvalue weighted by Crippen LogP contribution is 2.23. The van der Waals surface area contributed by atoms with Crippen molar-refractivity contribution in [3.05, 3.63) is 49.9 Å². The Hall–Kier alpha value is -1.53.